The fourth-order valence-electron chi connectivity index (χ4n) is 1.57. The number of carbonyl (C=O) groups excluding carboxylic acids is 1. The second-order valence-electron chi connectivity index (χ2n) is 4.13. The number of nitrogens with one attached hydrogen (secondary N) is 1. The Morgan fingerprint density at radius 1 is 1.05 bits per heavy atom. The molecule has 0 aliphatic rings. The van der Waals surface area contributed by atoms with Crippen molar-refractivity contribution < 1.29 is 9.53 Å². The summed E-state index contributed by atoms with van der Waals surface area (Å²) in [5, 5.41) is 10.9. The smallest absolute Gasteiger partial charge is 0.239 e. The third-order valence-electron chi connectivity index (χ3n) is 2.63. The molecule has 0 atom stereocenters. The van der Waals surface area contributed by atoms with Crippen LogP contribution in [0.1, 0.15) is 0 Å². The van der Waals surface area contributed by atoms with Crippen molar-refractivity contribution in [1.82, 2.24) is 0 Å². The minimum atomic E-state index is -0.246. The van der Waals surface area contributed by atoms with E-state index in [1.165, 1.54) is 0 Å². The monoisotopic (exact) mass is 303 g/mol. The van der Waals surface area contributed by atoms with Crippen molar-refractivity contribution in [2.45, 2.75) is 0 Å². The molecular formula is C15H14ClN3O2. The number of ether oxygens (including phenoxy) is 1. The molecular weight excluding hydrogens is 290 g/mol. The molecule has 0 aliphatic heterocycles. The maximum Gasteiger partial charge on any atom is 0.239 e. The van der Waals surface area contributed by atoms with Gasteiger partial charge in [-0.3, -0.25) is 4.79 Å². The number of amides is 1. The Morgan fingerprint density at radius 2 is 1.57 bits per heavy atom. The molecule has 1 N–H and O–H groups in total. The van der Waals surface area contributed by atoms with E-state index in [4.69, 9.17) is 16.3 Å². The van der Waals surface area contributed by atoms with Crippen LogP contribution in [0.4, 0.5) is 17.1 Å². The first-order valence-corrected chi connectivity index (χ1v) is 6.76. The molecule has 5 nitrogen and oxygen atoms in total. The summed E-state index contributed by atoms with van der Waals surface area (Å²) in [5.41, 5.74) is 2.09. The van der Waals surface area contributed by atoms with Crippen molar-refractivity contribution in [1.29, 1.82) is 0 Å². The molecule has 0 spiro atoms. The van der Waals surface area contributed by atoms with Crippen LogP contribution in [0.15, 0.2) is 58.8 Å². The van der Waals surface area contributed by atoms with Gasteiger partial charge in [0.1, 0.15) is 11.6 Å². The van der Waals surface area contributed by atoms with Gasteiger partial charge in [-0.2, -0.15) is 10.2 Å². The van der Waals surface area contributed by atoms with E-state index in [1.54, 1.807) is 31.4 Å². The summed E-state index contributed by atoms with van der Waals surface area (Å²) in [6.07, 6.45) is 0. The molecule has 21 heavy (non-hydrogen) atoms. The fraction of sp³-hybridized carbons (Fsp3) is 0.133. The Labute approximate surface area is 127 Å². The van der Waals surface area contributed by atoms with Crippen molar-refractivity contribution in [3.8, 4) is 5.75 Å². The largest absolute Gasteiger partial charge is 0.497 e. The van der Waals surface area contributed by atoms with Crippen LogP contribution >= 0.6 is 11.6 Å². The minimum absolute atomic E-state index is 0.0705. The number of hydrogen-bond donors (Lipinski definition) is 1. The van der Waals surface area contributed by atoms with Gasteiger partial charge in [0, 0.05) is 5.69 Å². The van der Waals surface area contributed by atoms with Gasteiger partial charge >= 0.3 is 0 Å². The highest BCUT2D eigenvalue weighted by Gasteiger charge is 1.99. The molecule has 0 radical (unpaired) electrons. The number of rotatable bonds is 5. The van der Waals surface area contributed by atoms with Crippen LogP contribution in [0, 0.1) is 0 Å². The molecule has 0 saturated carbocycles. The summed E-state index contributed by atoms with van der Waals surface area (Å²) in [7, 11) is 1.61. The molecule has 0 heterocycles. The lowest BCUT2D eigenvalue weighted by Gasteiger charge is -2.02. The van der Waals surface area contributed by atoms with E-state index in [0.29, 0.717) is 11.4 Å². The van der Waals surface area contributed by atoms with Crippen molar-refractivity contribution in [3.63, 3.8) is 0 Å². The average Bonchev–Trinajstić information content (AvgIpc) is 2.54. The molecule has 0 fully saturated rings. The van der Waals surface area contributed by atoms with Gasteiger partial charge < -0.3 is 10.1 Å². The number of azo groups is 1. The Balaban J connectivity index is 2.01. The zero-order chi connectivity index (χ0) is 15.1. The van der Waals surface area contributed by atoms with Crippen LogP contribution in [0.3, 0.4) is 0 Å². The van der Waals surface area contributed by atoms with Crippen LogP contribution in [0.2, 0.25) is 0 Å². The van der Waals surface area contributed by atoms with Gasteiger partial charge in [-0.05, 0) is 48.5 Å². The van der Waals surface area contributed by atoms with Gasteiger partial charge in [0.15, 0.2) is 0 Å². The van der Waals surface area contributed by atoms with Crippen molar-refractivity contribution in [2.75, 3.05) is 18.3 Å². The number of nitrogens with zero attached hydrogens (tertiary/aromatic N) is 2. The molecule has 0 unspecified atom stereocenters. The summed E-state index contributed by atoms with van der Waals surface area (Å²) in [5.74, 6) is 0.455. The second-order valence-corrected chi connectivity index (χ2v) is 4.39. The third kappa shape index (κ3) is 4.57. The Bertz CT molecular complexity index is 624. The van der Waals surface area contributed by atoms with Gasteiger partial charge in [0.25, 0.3) is 0 Å². The van der Waals surface area contributed by atoms with Crippen molar-refractivity contribution >= 4 is 34.6 Å². The number of halogens is 1. The van der Waals surface area contributed by atoms with E-state index < -0.39 is 0 Å². The lowest BCUT2D eigenvalue weighted by molar-refractivity contribution is -0.113. The lowest BCUT2D eigenvalue weighted by Crippen LogP contribution is -2.12. The van der Waals surface area contributed by atoms with E-state index in [1.807, 2.05) is 24.3 Å². The van der Waals surface area contributed by atoms with E-state index in [9.17, 15) is 4.79 Å². The van der Waals surface area contributed by atoms with Crippen molar-refractivity contribution in [2.24, 2.45) is 10.2 Å². The van der Waals surface area contributed by atoms with Gasteiger partial charge in [-0.15, -0.1) is 11.6 Å². The van der Waals surface area contributed by atoms with E-state index in [2.05, 4.69) is 15.5 Å². The topological polar surface area (TPSA) is 63.1 Å². The van der Waals surface area contributed by atoms with Crippen molar-refractivity contribution in [3.05, 3.63) is 48.5 Å². The first kappa shape index (κ1) is 15.0. The number of methoxy groups -OCH3 is 1. The standard InChI is InChI=1S/C15H14ClN3O2/c1-21-14-8-6-13(7-9-14)19-18-12-4-2-11(3-5-12)17-15(20)10-16/h2-9H,10H2,1H3,(H,17,20). The minimum Gasteiger partial charge on any atom is -0.497 e. The predicted octanol–water partition coefficient (Wildman–Crippen LogP) is 4.29. The van der Waals surface area contributed by atoms with Gasteiger partial charge in [-0.25, -0.2) is 0 Å². The van der Waals surface area contributed by atoms with E-state index >= 15 is 0 Å². The highest BCUT2D eigenvalue weighted by atomic mass is 35.5. The molecule has 6 heteroatoms. The zero-order valence-corrected chi connectivity index (χ0v) is 12.2. The Morgan fingerprint density at radius 3 is 2.05 bits per heavy atom. The maximum atomic E-state index is 11.1. The zero-order valence-electron chi connectivity index (χ0n) is 11.4. The summed E-state index contributed by atoms with van der Waals surface area (Å²) in [6.45, 7) is 0. The lowest BCUT2D eigenvalue weighted by atomic mass is 10.3. The molecule has 2 aromatic carbocycles. The van der Waals surface area contributed by atoms with E-state index in [0.717, 1.165) is 11.4 Å². The molecule has 2 rings (SSSR count). The molecule has 0 saturated heterocycles. The Hall–Kier alpha value is -2.40. The van der Waals surface area contributed by atoms with Crippen LogP contribution in [0.5, 0.6) is 5.75 Å². The molecule has 2 aromatic rings. The van der Waals surface area contributed by atoms with Crippen LogP contribution in [-0.4, -0.2) is 18.9 Å². The van der Waals surface area contributed by atoms with E-state index in [-0.39, 0.29) is 11.8 Å². The van der Waals surface area contributed by atoms with Crippen LogP contribution in [-0.2, 0) is 4.79 Å². The van der Waals surface area contributed by atoms with Crippen LogP contribution in [0.25, 0.3) is 0 Å². The fourth-order valence-corrected chi connectivity index (χ4v) is 1.64. The molecule has 0 aliphatic carbocycles. The molecule has 108 valence electrons. The molecule has 0 aromatic heterocycles. The van der Waals surface area contributed by atoms with Gasteiger partial charge in [0.05, 0.1) is 18.5 Å². The second kappa shape index (κ2) is 7.40. The quantitative estimate of drug-likeness (QED) is 0.661. The maximum absolute atomic E-state index is 11.1. The van der Waals surface area contributed by atoms with Crippen LogP contribution < -0.4 is 10.1 Å². The Kier molecular flexibility index (Phi) is 5.29. The normalized spacial score (nSPS) is 10.6. The number of hydrogen-bond acceptors (Lipinski definition) is 4. The highest BCUT2D eigenvalue weighted by molar-refractivity contribution is 6.29. The average molecular weight is 304 g/mol. The molecule has 1 amide bonds. The predicted molar refractivity (Wildman–Crippen MR) is 83.0 cm³/mol. The number of anilines is 1. The first-order chi connectivity index (χ1) is 10.2. The molecule has 0 bridgehead atoms. The van der Waals surface area contributed by atoms with Gasteiger partial charge in [-0.1, -0.05) is 0 Å². The highest BCUT2D eigenvalue weighted by Crippen LogP contribution is 2.22. The number of carbonyl (C=O) groups is 1. The third-order valence-corrected chi connectivity index (χ3v) is 2.87. The summed E-state index contributed by atoms with van der Waals surface area (Å²) < 4.78 is 5.07. The summed E-state index contributed by atoms with van der Waals surface area (Å²) in [6, 6.07) is 14.3. The number of benzene rings is 2. The SMILES string of the molecule is COc1ccc(N=Nc2ccc(NC(=O)CCl)cc2)cc1. The van der Waals surface area contributed by atoms with Gasteiger partial charge in [0.2, 0.25) is 5.91 Å². The summed E-state index contributed by atoms with van der Waals surface area (Å²) >= 11 is 5.42. The summed E-state index contributed by atoms with van der Waals surface area (Å²) in [4.78, 5) is 11.1. The number of alkyl halides is 1. The first-order valence-electron chi connectivity index (χ1n) is 6.23.